The Morgan fingerprint density at radius 1 is 1.00 bits per heavy atom. The molecule has 0 spiro atoms. The molecule has 5 rings (SSSR count). The van der Waals surface area contributed by atoms with Crippen LogP contribution in [0.2, 0.25) is 0 Å². The maximum Gasteiger partial charge on any atom is 0.141 e. The maximum atomic E-state index is 5.84. The third kappa shape index (κ3) is 3.23. The summed E-state index contributed by atoms with van der Waals surface area (Å²) in [6.07, 6.45) is 0. The minimum Gasteiger partial charge on any atom is -0.377 e. The van der Waals surface area contributed by atoms with Crippen LogP contribution in [-0.2, 0) is 4.74 Å². The van der Waals surface area contributed by atoms with Gasteiger partial charge in [0.05, 0.1) is 30.5 Å². The van der Waals surface area contributed by atoms with Gasteiger partial charge in [0.2, 0.25) is 0 Å². The van der Waals surface area contributed by atoms with E-state index in [-0.39, 0.29) is 6.04 Å². The lowest BCUT2D eigenvalue weighted by Crippen LogP contribution is -2.40. The minimum atomic E-state index is 0.111. The van der Waals surface area contributed by atoms with Crippen LogP contribution >= 0.6 is 0 Å². The summed E-state index contributed by atoms with van der Waals surface area (Å²) in [7, 11) is 0. The molecule has 0 bridgehead atoms. The summed E-state index contributed by atoms with van der Waals surface area (Å²) in [5.41, 5.74) is 5.15. The number of aryl methyl sites for hydroxylation is 3. The minimum absolute atomic E-state index is 0.111. The number of hydrogen-bond acceptors (Lipinski definition) is 6. The van der Waals surface area contributed by atoms with Crippen LogP contribution in [0.1, 0.15) is 28.9 Å². The second-order valence-electron chi connectivity index (χ2n) is 7.72. The van der Waals surface area contributed by atoms with E-state index in [0.29, 0.717) is 13.2 Å². The molecule has 1 atom stereocenters. The molecule has 1 aliphatic rings. The zero-order valence-corrected chi connectivity index (χ0v) is 17.4. The number of fused-ring (bicyclic) bond motifs is 1. The van der Waals surface area contributed by atoms with Crippen LogP contribution in [-0.4, -0.2) is 34.9 Å². The van der Waals surface area contributed by atoms with Crippen molar-refractivity contribution in [1.82, 2.24) is 15.1 Å². The fourth-order valence-electron chi connectivity index (χ4n) is 4.30. The van der Waals surface area contributed by atoms with E-state index in [0.717, 1.165) is 51.7 Å². The van der Waals surface area contributed by atoms with Gasteiger partial charge in [0.25, 0.3) is 0 Å². The summed E-state index contributed by atoms with van der Waals surface area (Å²) < 4.78 is 11.2. The predicted octanol–water partition coefficient (Wildman–Crippen LogP) is 4.79. The van der Waals surface area contributed by atoms with E-state index in [1.807, 2.05) is 26.8 Å². The summed E-state index contributed by atoms with van der Waals surface area (Å²) in [6, 6.07) is 16.9. The van der Waals surface area contributed by atoms with Crippen molar-refractivity contribution in [3.63, 3.8) is 0 Å². The van der Waals surface area contributed by atoms with Gasteiger partial charge in [-0.3, -0.25) is 0 Å². The smallest absolute Gasteiger partial charge is 0.141 e. The second kappa shape index (κ2) is 7.54. The molecule has 0 aliphatic carbocycles. The Balaban J connectivity index is 1.68. The van der Waals surface area contributed by atoms with Crippen molar-refractivity contribution in [2.45, 2.75) is 26.8 Å². The lowest BCUT2D eigenvalue weighted by Gasteiger charge is -2.37. The van der Waals surface area contributed by atoms with Crippen LogP contribution in [0.25, 0.3) is 22.0 Å². The molecule has 0 amide bonds. The van der Waals surface area contributed by atoms with E-state index < -0.39 is 0 Å². The van der Waals surface area contributed by atoms with E-state index in [4.69, 9.17) is 14.2 Å². The predicted molar refractivity (Wildman–Crippen MR) is 117 cm³/mol. The SMILES string of the molecule is Cc1nc(N2CCOC[C@@H]2c2ccccc2)c2cc(-c3c(C)noc3C)ccc2n1. The molecule has 0 saturated carbocycles. The number of nitrogens with zero attached hydrogens (tertiary/aromatic N) is 4. The van der Waals surface area contributed by atoms with Crippen molar-refractivity contribution >= 4 is 16.7 Å². The van der Waals surface area contributed by atoms with Gasteiger partial charge in [-0.1, -0.05) is 41.6 Å². The molecular formula is C24H24N4O2. The molecular weight excluding hydrogens is 376 g/mol. The Morgan fingerprint density at radius 3 is 2.60 bits per heavy atom. The van der Waals surface area contributed by atoms with Crippen LogP contribution in [0, 0.1) is 20.8 Å². The van der Waals surface area contributed by atoms with Crippen LogP contribution in [0.5, 0.6) is 0 Å². The Kier molecular flexibility index (Phi) is 4.71. The van der Waals surface area contributed by atoms with Gasteiger partial charge in [-0.15, -0.1) is 0 Å². The summed E-state index contributed by atoms with van der Waals surface area (Å²) >= 11 is 0. The first-order chi connectivity index (χ1) is 14.6. The van der Waals surface area contributed by atoms with E-state index in [1.165, 1.54) is 5.56 Å². The molecule has 2 aromatic heterocycles. The molecule has 30 heavy (non-hydrogen) atoms. The highest BCUT2D eigenvalue weighted by Gasteiger charge is 2.28. The molecule has 2 aromatic carbocycles. The summed E-state index contributed by atoms with van der Waals surface area (Å²) in [4.78, 5) is 11.9. The molecule has 1 aliphatic heterocycles. The molecule has 152 valence electrons. The van der Waals surface area contributed by atoms with Crippen molar-refractivity contribution in [2.75, 3.05) is 24.7 Å². The molecule has 0 N–H and O–H groups in total. The van der Waals surface area contributed by atoms with Crippen molar-refractivity contribution in [3.05, 3.63) is 71.4 Å². The van der Waals surface area contributed by atoms with Gasteiger partial charge in [-0.05, 0) is 44.0 Å². The first-order valence-electron chi connectivity index (χ1n) is 10.2. The van der Waals surface area contributed by atoms with Gasteiger partial charge >= 0.3 is 0 Å². The van der Waals surface area contributed by atoms with Crippen LogP contribution in [0.4, 0.5) is 5.82 Å². The third-order valence-electron chi connectivity index (χ3n) is 5.69. The zero-order chi connectivity index (χ0) is 20.7. The first-order valence-corrected chi connectivity index (χ1v) is 10.2. The molecule has 1 saturated heterocycles. The van der Waals surface area contributed by atoms with Gasteiger partial charge in [0.15, 0.2) is 0 Å². The maximum absolute atomic E-state index is 5.84. The highest BCUT2D eigenvalue weighted by atomic mass is 16.5. The van der Waals surface area contributed by atoms with Crippen LogP contribution in [0.3, 0.4) is 0 Å². The van der Waals surface area contributed by atoms with E-state index in [2.05, 4.69) is 57.5 Å². The van der Waals surface area contributed by atoms with Crippen molar-refractivity contribution in [1.29, 1.82) is 0 Å². The largest absolute Gasteiger partial charge is 0.377 e. The molecule has 6 nitrogen and oxygen atoms in total. The van der Waals surface area contributed by atoms with E-state index >= 15 is 0 Å². The topological polar surface area (TPSA) is 64.3 Å². The fourth-order valence-corrected chi connectivity index (χ4v) is 4.30. The van der Waals surface area contributed by atoms with Gasteiger partial charge in [0, 0.05) is 17.5 Å². The quantitative estimate of drug-likeness (QED) is 0.493. The molecule has 0 radical (unpaired) electrons. The summed E-state index contributed by atoms with van der Waals surface area (Å²) in [6.45, 7) is 7.95. The number of hydrogen-bond donors (Lipinski definition) is 0. The number of morpholine rings is 1. The molecule has 4 aromatic rings. The second-order valence-corrected chi connectivity index (χ2v) is 7.72. The van der Waals surface area contributed by atoms with Crippen molar-refractivity contribution in [2.24, 2.45) is 0 Å². The highest BCUT2D eigenvalue weighted by Crippen LogP contribution is 2.36. The number of rotatable bonds is 3. The average molecular weight is 400 g/mol. The van der Waals surface area contributed by atoms with Gasteiger partial charge < -0.3 is 14.2 Å². The Labute approximate surface area is 175 Å². The average Bonchev–Trinajstić information content (AvgIpc) is 3.11. The number of anilines is 1. The number of benzene rings is 2. The standard InChI is InChI=1S/C24H24N4O2/c1-15-23(16(2)30-27-15)19-9-10-21-20(13-19)24(26-17(3)25-21)28-11-12-29-14-22(28)18-7-5-4-6-8-18/h4-10,13,22H,11-12,14H2,1-3H3/t22-/m1/s1. The third-order valence-corrected chi connectivity index (χ3v) is 5.69. The van der Waals surface area contributed by atoms with Gasteiger partial charge in [0.1, 0.15) is 17.4 Å². The Bertz CT molecular complexity index is 1180. The summed E-state index contributed by atoms with van der Waals surface area (Å²) in [5.74, 6) is 2.53. The van der Waals surface area contributed by atoms with Crippen LogP contribution < -0.4 is 4.90 Å². The summed E-state index contributed by atoms with van der Waals surface area (Å²) in [5, 5.41) is 5.15. The zero-order valence-electron chi connectivity index (χ0n) is 17.4. The molecule has 0 unspecified atom stereocenters. The van der Waals surface area contributed by atoms with E-state index in [9.17, 15) is 0 Å². The van der Waals surface area contributed by atoms with Gasteiger partial charge in [-0.25, -0.2) is 9.97 Å². The Hall–Kier alpha value is -3.25. The fraction of sp³-hybridized carbons (Fsp3) is 0.292. The number of ether oxygens (including phenoxy) is 1. The lowest BCUT2D eigenvalue weighted by atomic mass is 10.0. The molecule has 3 heterocycles. The highest BCUT2D eigenvalue weighted by molar-refractivity contribution is 5.93. The van der Waals surface area contributed by atoms with Crippen molar-refractivity contribution in [3.8, 4) is 11.1 Å². The van der Waals surface area contributed by atoms with E-state index in [1.54, 1.807) is 0 Å². The monoisotopic (exact) mass is 400 g/mol. The lowest BCUT2D eigenvalue weighted by molar-refractivity contribution is 0.0938. The molecule has 6 heteroatoms. The van der Waals surface area contributed by atoms with Gasteiger partial charge in [-0.2, -0.15) is 0 Å². The number of aromatic nitrogens is 3. The first kappa shape index (κ1) is 18.8. The molecule has 1 fully saturated rings. The van der Waals surface area contributed by atoms with Crippen LogP contribution in [0.15, 0.2) is 53.1 Å². The normalized spacial score (nSPS) is 16.9. The van der Waals surface area contributed by atoms with Crippen molar-refractivity contribution < 1.29 is 9.26 Å². The Morgan fingerprint density at radius 2 is 1.83 bits per heavy atom.